The lowest BCUT2D eigenvalue weighted by atomic mass is 9.86. The smallest absolute Gasteiger partial charge is 0.372 e. The molecule has 6 nitrogen and oxygen atoms in total. The molecule has 3 atom stereocenters. The molecule has 3 heterocycles. The maximum absolute atomic E-state index is 13.4. The van der Waals surface area contributed by atoms with Gasteiger partial charge in [-0.05, 0) is 49.0 Å². The van der Waals surface area contributed by atoms with Crippen molar-refractivity contribution >= 4 is 5.91 Å². The minimum absolute atomic E-state index is 0.0616. The van der Waals surface area contributed by atoms with E-state index in [9.17, 15) is 18.0 Å². The molecule has 1 saturated heterocycles. The number of hydrogen-bond acceptors (Lipinski definition) is 4. The van der Waals surface area contributed by atoms with Crippen molar-refractivity contribution in [1.29, 1.82) is 0 Å². The van der Waals surface area contributed by atoms with Gasteiger partial charge in [-0.3, -0.25) is 4.79 Å². The van der Waals surface area contributed by atoms with Crippen LogP contribution in [0.15, 0.2) is 23.3 Å². The number of carbonyl (C=O) groups excluding carboxylic acids is 1. The zero-order valence-electron chi connectivity index (χ0n) is 16.0. The maximum Gasteiger partial charge on any atom is 0.412 e. The van der Waals surface area contributed by atoms with Gasteiger partial charge < -0.3 is 14.2 Å². The molecule has 0 radical (unpaired) electrons. The Bertz CT molecular complexity index is 875. The van der Waals surface area contributed by atoms with Crippen LogP contribution in [-0.4, -0.2) is 51.4 Å². The highest BCUT2D eigenvalue weighted by atomic mass is 19.4. The number of hydrogen-bond donors (Lipinski definition) is 0. The van der Waals surface area contributed by atoms with Gasteiger partial charge in [-0.2, -0.15) is 13.2 Å². The molecule has 29 heavy (non-hydrogen) atoms. The Morgan fingerprint density at radius 3 is 2.66 bits per heavy atom. The number of nitrogens with zero attached hydrogens (tertiary/aromatic N) is 4. The second-order valence-electron chi connectivity index (χ2n) is 8.42. The number of fused-ring (bicyclic) bond motifs is 2. The maximum atomic E-state index is 13.4. The number of carbonyl (C=O) groups is 1. The number of alkyl halides is 3. The third-order valence-corrected chi connectivity index (χ3v) is 6.74. The van der Waals surface area contributed by atoms with Crippen molar-refractivity contribution in [3.63, 3.8) is 0 Å². The Balaban J connectivity index is 1.29. The molecule has 1 amide bonds. The Hall–Kier alpha value is -2.16. The second kappa shape index (κ2) is 6.97. The van der Waals surface area contributed by atoms with E-state index in [-0.39, 0.29) is 35.7 Å². The van der Waals surface area contributed by atoms with Crippen LogP contribution in [0.25, 0.3) is 0 Å². The molecule has 5 rings (SSSR count). The minimum Gasteiger partial charge on any atom is -0.372 e. The summed E-state index contributed by atoms with van der Waals surface area (Å²) in [5.74, 6) is 1.30. The lowest BCUT2D eigenvalue weighted by Crippen LogP contribution is -2.33. The zero-order chi connectivity index (χ0) is 20.2. The highest BCUT2D eigenvalue weighted by Gasteiger charge is 2.46. The van der Waals surface area contributed by atoms with Crippen LogP contribution in [0.4, 0.5) is 13.2 Å². The molecular formula is C20H23F3N4O2. The number of allylic oxidation sites excluding steroid dienone is 4. The Morgan fingerprint density at radius 1 is 1.17 bits per heavy atom. The number of halogens is 3. The molecule has 2 aliphatic heterocycles. The molecular weight excluding hydrogens is 385 g/mol. The van der Waals surface area contributed by atoms with Crippen molar-refractivity contribution in [3.8, 4) is 0 Å². The summed E-state index contributed by atoms with van der Waals surface area (Å²) in [4.78, 5) is 14.8. The van der Waals surface area contributed by atoms with Crippen LogP contribution in [0.5, 0.6) is 0 Å². The van der Waals surface area contributed by atoms with E-state index < -0.39 is 6.18 Å². The molecule has 156 valence electrons. The van der Waals surface area contributed by atoms with Gasteiger partial charge in [0.15, 0.2) is 5.82 Å². The summed E-state index contributed by atoms with van der Waals surface area (Å²) in [7, 11) is 0. The van der Waals surface area contributed by atoms with Crippen LogP contribution in [0.2, 0.25) is 0 Å². The Morgan fingerprint density at radius 2 is 1.93 bits per heavy atom. The molecule has 1 unspecified atom stereocenters. The Labute approximate surface area is 166 Å². The first-order valence-corrected chi connectivity index (χ1v) is 10.2. The lowest BCUT2D eigenvalue weighted by molar-refractivity contribution is -0.0952. The molecule has 1 aromatic heterocycles. The van der Waals surface area contributed by atoms with Crippen molar-refractivity contribution < 1.29 is 22.7 Å². The van der Waals surface area contributed by atoms with Crippen LogP contribution in [0, 0.1) is 17.8 Å². The highest BCUT2D eigenvalue weighted by molar-refractivity contribution is 5.91. The molecule has 0 aromatic carbocycles. The fourth-order valence-corrected chi connectivity index (χ4v) is 5.39. The number of amides is 1. The van der Waals surface area contributed by atoms with Crippen LogP contribution in [0.1, 0.15) is 42.1 Å². The summed E-state index contributed by atoms with van der Waals surface area (Å²) in [6.07, 6.45) is 1.23. The minimum atomic E-state index is -4.25. The third kappa shape index (κ3) is 3.29. The van der Waals surface area contributed by atoms with E-state index in [1.807, 2.05) is 10.6 Å². The lowest BCUT2D eigenvalue weighted by Gasteiger charge is -2.25. The van der Waals surface area contributed by atoms with E-state index in [1.54, 1.807) is 11.0 Å². The summed E-state index contributed by atoms with van der Waals surface area (Å²) < 4.78 is 47.4. The first-order chi connectivity index (χ1) is 13.9. The summed E-state index contributed by atoms with van der Waals surface area (Å²) >= 11 is 0. The van der Waals surface area contributed by atoms with Crippen LogP contribution in [0.3, 0.4) is 0 Å². The average Bonchev–Trinajstić information content (AvgIpc) is 3.39. The molecule has 1 aromatic rings. The quantitative estimate of drug-likeness (QED) is 0.755. The van der Waals surface area contributed by atoms with E-state index in [2.05, 4.69) is 10.2 Å². The monoisotopic (exact) mass is 408 g/mol. The fourth-order valence-electron chi connectivity index (χ4n) is 5.39. The first-order valence-electron chi connectivity index (χ1n) is 10.2. The standard InChI is InChI=1S/C20H23F3N4O2/c21-20(22,23)16-4-2-1-3-15(16)12-7-13-9-26(10-14(13)8-12)19(28)18-25-24-17-11-29-6-5-27(17)18/h1,3,12-14H,2,4-11H2/t12?,13-,14+. The van der Waals surface area contributed by atoms with Gasteiger partial charge in [-0.25, -0.2) is 0 Å². The predicted molar refractivity (Wildman–Crippen MR) is 96.7 cm³/mol. The number of rotatable bonds is 2. The van der Waals surface area contributed by atoms with Crippen molar-refractivity contribution in [3.05, 3.63) is 34.9 Å². The van der Waals surface area contributed by atoms with Gasteiger partial charge in [0.25, 0.3) is 5.91 Å². The number of ether oxygens (including phenoxy) is 1. The van der Waals surface area contributed by atoms with Crippen LogP contribution in [-0.2, 0) is 17.9 Å². The largest absolute Gasteiger partial charge is 0.412 e. The topological polar surface area (TPSA) is 60.3 Å². The average molecular weight is 408 g/mol. The van der Waals surface area contributed by atoms with E-state index in [4.69, 9.17) is 4.74 Å². The molecule has 2 aliphatic carbocycles. The molecule has 1 saturated carbocycles. The second-order valence-corrected chi connectivity index (χ2v) is 8.42. The molecule has 9 heteroatoms. The van der Waals surface area contributed by atoms with Gasteiger partial charge in [0.1, 0.15) is 6.61 Å². The van der Waals surface area contributed by atoms with Crippen LogP contribution < -0.4 is 0 Å². The first kappa shape index (κ1) is 18.8. The molecule has 2 fully saturated rings. The summed E-state index contributed by atoms with van der Waals surface area (Å²) in [5, 5.41) is 8.11. The van der Waals surface area contributed by atoms with Gasteiger partial charge in [-0.1, -0.05) is 12.2 Å². The normalized spacial score (nSPS) is 29.3. The van der Waals surface area contributed by atoms with Crippen molar-refractivity contribution in [1.82, 2.24) is 19.7 Å². The zero-order valence-corrected chi connectivity index (χ0v) is 16.0. The summed E-state index contributed by atoms with van der Waals surface area (Å²) in [6, 6.07) is 0. The predicted octanol–water partition coefficient (Wildman–Crippen LogP) is 3.12. The SMILES string of the molecule is O=C(c1nnc2n1CCOC2)N1C[C@H]2CC(C3=C(C(F)(F)F)CCC=C3)C[C@H]2C1. The van der Waals surface area contributed by atoms with E-state index in [0.29, 0.717) is 69.3 Å². The van der Waals surface area contributed by atoms with Gasteiger partial charge in [-0.15, -0.1) is 10.2 Å². The van der Waals surface area contributed by atoms with Gasteiger partial charge in [0.05, 0.1) is 6.61 Å². The highest BCUT2D eigenvalue weighted by Crippen LogP contribution is 2.48. The van der Waals surface area contributed by atoms with Crippen LogP contribution >= 0.6 is 0 Å². The number of likely N-dealkylation sites (tertiary alicyclic amines) is 1. The third-order valence-electron chi connectivity index (χ3n) is 6.74. The van der Waals surface area contributed by atoms with E-state index in [0.717, 1.165) is 0 Å². The fraction of sp³-hybridized carbons (Fsp3) is 0.650. The Kier molecular flexibility index (Phi) is 4.53. The molecule has 0 bridgehead atoms. The van der Waals surface area contributed by atoms with Crippen molar-refractivity contribution in [2.75, 3.05) is 19.7 Å². The van der Waals surface area contributed by atoms with Gasteiger partial charge in [0, 0.05) is 25.2 Å². The summed E-state index contributed by atoms with van der Waals surface area (Å²) in [6.45, 7) is 2.61. The van der Waals surface area contributed by atoms with Crippen molar-refractivity contribution in [2.24, 2.45) is 17.8 Å². The van der Waals surface area contributed by atoms with Gasteiger partial charge in [0.2, 0.25) is 5.82 Å². The molecule has 0 spiro atoms. The molecule has 0 N–H and O–H groups in total. The molecule has 4 aliphatic rings. The van der Waals surface area contributed by atoms with Crippen molar-refractivity contribution in [2.45, 2.75) is 45.0 Å². The van der Waals surface area contributed by atoms with E-state index >= 15 is 0 Å². The van der Waals surface area contributed by atoms with Gasteiger partial charge >= 0.3 is 6.18 Å². The van der Waals surface area contributed by atoms with E-state index in [1.165, 1.54) is 0 Å². The summed E-state index contributed by atoms with van der Waals surface area (Å²) in [5.41, 5.74) is 0.123. The number of aromatic nitrogens is 3.